The minimum atomic E-state index is -3.63. The molecule has 2 aromatic rings. The lowest BCUT2D eigenvalue weighted by Gasteiger charge is -2.08. The van der Waals surface area contributed by atoms with E-state index in [-0.39, 0.29) is 4.90 Å². The third kappa shape index (κ3) is 2.43. The fraction of sp³-hybridized carbons (Fsp3) is 0.200. The Bertz CT molecular complexity index is 650. The number of rotatable bonds is 4. The predicted octanol–water partition coefficient (Wildman–Crippen LogP) is 0.658. The molecule has 96 valence electrons. The second-order valence-corrected chi connectivity index (χ2v) is 5.25. The molecule has 2 rings (SSSR count). The molecule has 0 unspecified atom stereocenters. The summed E-state index contributed by atoms with van der Waals surface area (Å²) in [6.45, 7) is 0. The van der Waals surface area contributed by atoms with Crippen LogP contribution in [0.15, 0.2) is 35.5 Å². The summed E-state index contributed by atoms with van der Waals surface area (Å²) in [5.41, 5.74) is 0. The fourth-order valence-corrected chi connectivity index (χ4v) is 2.49. The van der Waals surface area contributed by atoms with Crippen molar-refractivity contribution in [3.8, 4) is 0 Å². The molecule has 0 fully saturated rings. The van der Waals surface area contributed by atoms with Crippen molar-refractivity contribution >= 4 is 21.7 Å². The van der Waals surface area contributed by atoms with Crippen LogP contribution in [0.3, 0.4) is 0 Å². The first-order valence-electron chi connectivity index (χ1n) is 5.17. The maximum atomic E-state index is 12.1. The van der Waals surface area contributed by atoms with Gasteiger partial charge in [-0.1, -0.05) is 0 Å². The van der Waals surface area contributed by atoms with E-state index in [0.717, 1.165) is 0 Å². The van der Waals surface area contributed by atoms with E-state index in [1.54, 1.807) is 20.2 Å². The van der Waals surface area contributed by atoms with E-state index in [1.165, 1.54) is 29.2 Å². The van der Waals surface area contributed by atoms with E-state index in [4.69, 9.17) is 0 Å². The summed E-state index contributed by atoms with van der Waals surface area (Å²) >= 11 is 0. The molecule has 0 aliphatic rings. The van der Waals surface area contributed by atoms with Gasteiger partial charge in [0.2, 0.25) is 0 Å². The van der Waals surface area contributed by atoms with Gasteiger partial charge in [0, 0.05) is 32.4 Å². The molecule has 2 N–H and O–H groups in total. The Labute approximate surface area is 105 Å². The number of nitrogens with zero attached hydrogens (tertiary/aromatic N) is 3. The van der Waals surface area contributed by atoms with Crippen LogP contribution in [-0.4, -0.2) is 30.2 Å². The zero-order valence-electron chi connectivity index (χ0n) is 9.95. The van der Waals surface area contributed by atoms with Gasteiger partial charge in [-0.05, 0) is 6.07 Å². The van der Waals surface area contributed by atoms with Crippen molar-refractivity contribution in [2.24, 2.45) is 7.05 Å². The summed E-state index contributed by atoms with van der Waals surface area (Å²) in [6, 6.07) is 4.47. The first-order valence-corrected chi connectivity index (χ1v) is 6.66. The molecule has 2 aromatic heterocycles. The number of hydrogen-bond donors (Lipinski definition) is 2. The van der Waals surface area contributed by atoms with Crippen molar-refractivity contribution in [3.63, 3.8) is 0 Å². The van der Waals surface area contributed by atoms with Crippen LogP contribution in [0.25, 0.3) is 0 Å². The molecule has 0 saturated carbocycles. The third-order valence-corrected chi connectivity index (χ3v) is 3.71. The van der Waals surface area contributed by atoms with Gasteiger partial charge in [-0.2, -0.15) is 5.10 Å². The molecule has 0 aliphatic heterocycles. The Kier molecular flexibility index (Phi) is 3.19. The highest BCUT2D eigenvalue weighted by atomic mass is 32.2. The van der Waals surface area contributed by atoms with Crippen molar-refractivity contribution in [2.75, 3.05) is 17.1 Å². The van der Waals surface area contributed by atoms with Crippen LogP contribution in [-0.2, 0) is 17.1 Å². The maximum absolute atomic E-state index is 12.1. The summed E-state index contributed by atoms with van der Waals surface area (Å²) < 4.78 is 28.1. The molecule has 0 bridgehead atoms. The second kappa shape index (κ2) is 4.65. The number of nitrogens with one attached hydrogen (secondary N) is 2. The topological polar surface area (TPSA) is 88.9 Å². The highest BCUT2D eigenvalue weighted by molar-refractivity contribution is 7.92. The summed E-state index contributed by atoms with van der Waals surface area (Å²) in [7, 11) is -0.299. The Morgan fingerprint density at radius 1 is 1.28 bits per heavy atom. The van der Waals surface area contributed by atoms with Crippen molar-refractivity contribution < 1.29 is 8.42 Å². The van der Waals surface area contributed by atoms with Gasteiger partial charge < -0.3 is 5.32 Å². The highest BCUT2D eigenvalue weighted by Gasteiger charge is 2.16. The van der Waals surface area contributed by atoms with Gasteiger partial charge in [-0.25, -0.2) is 13.4 Å². The van der Waals surface area contributed by atoms with Crippen molar-refractivity contribution in [3.05, 3.63) is 30.6 Å². The molecule has 8 heteroatoms. The maximum Gasteiger partial charge on any atom is 0.263 e. The van der Waals surface area contributed by atoms with E-state index in [1.807, 2.05) is 0 Å². The molecular weight excluding hydrogens is 254 g/mol. The Morgan fingerprint density at radius 3 is 2.67 bits per heavy atom. The number of aromatic nitrogens is 3. The Morgan fingerprint density at radius 2 is 2.06 bits per heavy atom. The first-order chi connectivity index (χ1) is 8.53. The zero-order valence-corrected chi connectivity index (χ0v) is 10.8. The number of aryl methyl sites for hydroxylation is 1. The van der Waals surface area contributed by atoms with Gasteiger partial charge in [0.05, 0.1) is 11.1 Å². The number of sulfonamides is 1. The predicted molar refractivity (Wildman–Crippen MR) is 67.8 cm³/mol. The lowest BCUT2D eigenvalue weighted by molar-refractivity contribution is 0.600. The van der Waals surface area contributed by atoms with Crippen LogP contribution in [0, 0.1) is 0 Å². The largest absolute Gasteiger partial charge is 0.373 e. The quantitative estimate of drug-likeness (QED) is 0.849. The standard InChI is InChI=1S/C10H13N5O2S/c1-11-9-7-8(3-5-12-9)18(16,17)14-10-4-6-13-15(10)2/h3-7,14H,1-2H3,(H,11,12). The molecule has 7 nitrogen and oxygen atoms in total. The Balaban J connectivity index is 2.33. The van der Waals surface area contributed by atoms with Crippen LogP contribution < -0.4 is 10.0 Å². The second-order valence-electron chi connectivity index (χ2n) is 3.57. The molecule has 2 heterocycles. The van der Waals surface area contributed by atoms with Crippen LogP contribution in [0.4, 0.5) is 11.6 Å². The van der Waals surface area contributed by atoms with Crippen LogP contribution in [0.1, 0.15) is 0 Å². The molecule has 0 atom stereocenters. The first kappa shape index (κ1) is 12.4. The Hall–Kier alpha value is -2.09. The zero-order chi connectivity index (χ0) is 13.2. The average molecular weight is 267 g/mol. The minimum absolute atomic E-state index is 0.142. The summed E-state index contributed by atoms with van der Waals surface area (Å²) in [5, 5.41) is 6.68. The molecule has 0 saturated heterocycles. The van der Waals surface area contributed by atoms with Crippen molar-refractivity contribution in [2.45, 2.75) is 4.90 Å². The van der Waals surface area contributed by atoms with Gasteiger partial charge >= 0.3 is 0 Å². The summed E-state index contributed by atoms with van der Waals surface area (Å²) in [6.07, 6.45) is 2.95. The highest BCUT2D eigenvalue weighted by Crippen LogP contribution is 2.16. The van der Waals surface area contributed by atoms with Crippen molar-refractivity contribution in [1.29, 1.82) is 0 Å². The SMILES string of the molecule is CNc1cc(S(=O)(=O)Nc2ccnn2C)ccn1. The molecule has 0 spiro atoms. The number of anilines is 2. The van der Waals surface area contributed by atoms with E-state index in [0.29, 0.717) is 11.6 Å². The minimum Gasteiger partial charge on any atom is -0.373 e. The number of pyridine rings is 1. The fourth-order valence-electron chi connectivity index (χ4n) is 1.39. The van der Waals surface area contributed by atoms with E-state index in [2.05, 4.69) is 20.1 Å². The smallest absolute Gasteiger partial charge is 0.263 e. The van der Waals surface area contributed by atoms with E-state index >= 15 is 0 Å². The molecule has 0 aromatic carbocycles. The van der Waals surface area contributed by atoms with E-state index in [9.17, 15) is 8.42 Å². The van der Waals surface area contributed by atoms with E-state index < -0.39 is 10.0 Å². The van der Waals surface area contributed by atoms with Crippen LogP contribution >= 0.6 is 0 Å². The average Bonchev–Trinajstić information content (AvgIpc) is 2.74. The monoisotopic (exact) mass is 267 g/mol. The molecule has 18 heavy (non-hydrogen) atoms. The summed E-state index contributed by atoms with van der Waals surface area (Å²) in [4.78, 5) is 4.11. The molecular formula is C10H13N5O2S. The molecule has 0 amide bonds. The molecule has 0 radical (unpaired) electrons. The van der Waals surface area contributed by atoms with Gasteiger partial charge in [0.15, 0.2) is 0 Å². The van der Waals surface area contributed by atoms with Crippen LogP contribution in [0.2, 0.25) is 0 Å². The number of hydrogen-bond acceptors (Lipinski definition) is 5. The lowest BCUT2D eigenvalue weighted by atomic mass is 10.5. The van der Waals surface area contributed by atoms with Gasteiger partial charge in [-0.3, -0.25) is 9.40 Å². The lowest BCUT2D eigenvalue weighted by Crippen LogP contribution is -2.15. The summed E-state index contributed by atoms with van der Waals surface area (Å²) in [5.74, 6) is 0.890. The third-order valence-electron chi connectivity index (χ3n) is 2.36. The van der Waals surface area contributed by atoms with Gasteiger partial charge in [-0.15, -0.1) is 0 Å². The molecule has 0 aliphatic carbocycles. The van der Waals surface area contributed by atoms with Crippen LogP contribution in [0.5, 0.6) is 0 Å². The van der Waals surface area contributed by atoms with Crippen molar-refractivity contribution in [1.82, 2.24) is 14.8 Å². The normalized spacial score (nSPS) is 11.2. The van der Waals surface area contributed by atoms with Gasteiger partial charge in [0.25, 0.3) is 10.0 Å². The van der Waals surface area contributed by atoms with Gasteiger partial charge in [0.1, 0.15) is 11.6 Å².